The lowest BCUT2D eigenvalue weighted by molar-refractivity contribution is 0.529. The summed E-state index contributed by atoms with van der Waals surface area (Å²) >= 11 is 12.1. The van der Waals surface area contributed by atoms with E-state index in [1.165, 1.54) is 12.8 Å². The zero-order valence-electron chi connectivity index (χ0n) is 8.06. The standard InChI is InChI=1S/C11H13Cl2N/c1-14-11(7-2-3-7)9-6-8(12)4-5-10(9)13/h4-7,11,14H,2-3H2,1H3. The average Bonchev–Trinajstić information content (AvgIpc) is 2.96. The topological polar surface area (TPSA) is 12.0 Å². The normalized spacial score (nSPS) is 18.2. The molecule has 0 bridgehead atoms. The maximum absolute atomic E-state index is 6.14. The third kappa shape index (κ3) is 2.05. The van der Waals surface area contributed by atoms with E-state index in [0.29, 0.717) is 6.04 Å². The Labute approximate surface area is 94.4 Å². The molecule has 2 rings (SSSR count). The van der Waals surface area contributed by atoms with Crippen molar-refractivity contribution >= 4 is 23.2 Å². The molecule has 0 aromatic heterocycles. The maximum Gasteiger partial charge on any atom is 0.0454 e. The molecule has 0 radical (unpaired) electrons. The summed E-state index contributed by atoms with van der Waals surface area (Å²) in [4.78, 5) is 0. The third-order valence-electron chi connectivity index (χ3n) is 2.70. The lowest BCUT2D eigenvalue weighted by atomic mass is 10.0. The highest BCUT2D eigenvalue weighted by molar-refractivity contribution is 6.33. The van der Waals surface area contributed by atoms with Crippen LogP contribution in [0.3, 0.4) is 0 Å². The average molecular weight is 230 g/mol. The van der Waals surface area contributed by atoms with Crippen molar-refractivity contribution in [1.29, 1.82) is 0 Å². The Hall–Kier alpha value is -0.240. The Kier molecular flexibility index (Phi) is 3.01. The Bertz CT molecular complexity index is 334. The molecule has 1 unspecified atom stereocenters. The van der Waals surface area contributed by atoms with Crippen molar-refractivity contribution in [3.05, 3.63) is 33.8 Å². The fourth-order valence-corrected chi connectivity index (χ4v) is 2.24. The Balaban J connectivity index is 2.32. The minimum atomic E-state index is 0.362. The maximum atomic E-state index is 6.14. The summed E-state index contributed by atoms with van der Waals surface area (Å²) < 4.78 is 0. The summed E-state index contributed by atoms with van der Waals surface area (Å²) in [5, 5.41) is 4.87. The highest BCUT2D eigenvalue weighted by Gasteiger charge is 2.32. The highest BCUT2D eigenvalue weighted by atomic mass is 35.5. The molecule has 1 nitrogen and oxygen atoms in total. The quantitative estimate of drug-likeness (QED) is 0.835. The van der Waals surface area contributed by atoms with Crippen LogP contribution in [0.2, 0.25) is 10.0 Å². The second kappa shape index (κ2) is 4.09. The van der Waals surface area contributed by atoms with E-state index < -0.39 is 0 Å². The Morgan fingerprint density at radius 1 is 1.36 bits per heavy atom. The fourth-order valence-electron chi connectivity index (χ4n) is 1.83. The van der Waals surface area contributed by atoms with Gasteiger partial charge in [0.2, 0.25) is 0 Å². The van der Waals surface area contributed by atoms with Gasteiger partial charge >= 0.3 is 0 Å². The molecule has 1 N–H and O–H groups in total. The van der Waals surface area contributed by atoms with E-state index in [1.807, 2.05) is 25.2 Å². The van der Waals surface area contributed by atoms with Crippen molar-refractivity contribution in [1.82, 2.24) is 5.32 Å². The van der Waals surface area contributed by atoms with Gasteiger partial charge in [0, 0.05) is 16.1 Å². The van der Waals surface area contributed by atoms with Crippen LogP contribution < -0.4 is 5.32 Å². The van der Waals surface area contributed by atoms with Gasteiger partial charge in [-0.1, -0.05) is 23.2 Å². The minimum Gasteiger partial charge on any atom is -0.313 e. The largest absolute Gasteiger partial charge is 0.313 e. The minimum absolute atomic E-state index is 0.362. The summed E-state index contributed by atoms with van der Waals surface area (Å²) in [6.45, 7) is 0. The van der Waals surface area contributed by atoms with Gasteiger partial charge in [0.15, 0.2) is 0 Å². The van der Waals surface area contributed by atoms with Crippen molar-refractivity contribution in [3.8, 4) is 0 Å². The molecule has 1 saturated carbocycles. The van der Waals surface area contributed by atoms with Gasteiger partial charge in [0.1, 0.15) is 0 Å². The molecule has 0 saturated heterocycles. The zero-order chi connectivity index (χ0) is 10.1. The van der Waals surface area contributed by atoms with Crippen molar-refractivity contribution in [2.75, 3.05) is 7.05 Å². The van der Waals surface area contributed by atoms with Crippen LogP contribution in [0.25, 0.3) is 0 Å². The molecule has 0 spiro atoms. The van der Waals surface area contributed by atoms with E-state index in [-0.39, 0.29) is 0 Å². The van der Waals surface area contributed by atoms with Crippen molar-refractivity contribution in [2.45, 2.75) is 18.9 Å². The van der Waals surface area contributed by atoms with E-state index in [0.717, 1.165) is 21.5 Å². The van der Waals surface area contributed by atoms with E-state index in [9.17, 15) is 0 Å². The molecule has 0 heterocycles. The molecule has 76 valence electrons. The smallest absolute Gasteiger partial charge is 0.0454 e. The predicted molar refractivity (Wildman–Crippen MR) is 61.0 cm³/mol. The molecule has 14 heavy (non-hydrogen) atoms. The molecule has 1 aromatic carbocycles. The van der Waals surface area contributed by atoms with Crippen molar-refractivity contribution < 1.29 is 0 Å². The lowest BCUT2D eigenvalue weighted by Crippen LogP contribution is -2.18. The van der Waals surface area contributed by atoms with Crippen molar-refractivity contribution in [2.24, 2.45) is 5.92 Å². The molecule has 3 heteroatoms. The number of benzene rings is 1. The van der Waals surface area contributed by atoms with Gasteiger partial charge in [0.05, 0.1) is 0 Å². The first-order chi connectivity index (χ1) is 6.72. The fraction of sp³-hybridized carbons (Fsp3) is 0.455. The lowest BCUT2D eigenvalue weighted by Gasteiger charge is -2.17. The molecular formula is C11H13Cl2N. The van der Waals surface area contributed by atoms with Crippen LogP contribution in [0.5, 0.6) is 0 Å². The van der Waals surface area contributed by atoms with E-state index in [1.54, 1.807) is 0 Å². The number of halogens is 2. The van der Waals surface area contributed by atoms with Gasteiger partial charge in [-0.25, -0.2) is 0 Å². The second-order valence-electron chi connectivity index (χ2n) is 3.77. The van der Waals surface area contributed by atoms with E-state index in [2.05, 4.69) is 5.32 Å². The number of hydrogen-bond donors (Lipinski definition) is 1. The highest BCUT2D eigenvalue weighted by Crippen LogP contribution is 2.43. The second-order valence-corrected chi connectivity index (χ2v) is 4.61. The monoisotopic (exact) mass is 229 g/mol. The van der Waals surface area contributed by atoms with Crippen LogP contribution in [0, 0.1) is 5.92 Å². The number of rotatable bonds is 3. The molecule has 1 atom stereocenters. The summed E-state index contributed by atoms with van der Waals surface area (Å²) in [6, 6.07) is 6.02. The molecule has 1 aliphatic carbocycles. The first-order valence-corrected chi connectivity index (χ1v) is 5.60. The summed E-state index contributed by atoms with van der Waals surface area (Å²) in [7, 11) is 1.97. The van der Waals surface area contributed by atoms with Crippen molar-refractivity contribution in [3.63, 3.8) is 0 Å². The third-order valence-corrected chi connectivity index (χ3v) is 3.28. The first-order valence-electron chi connectivity index (χ1n) is 4.84. The van der Waals surface area contributed by atoms with Crippen LogP contribution in [0.1, 0.15) is 24.4 Å². The van der Waals surface area contributed by atoms with Crippen LogP contribution >= 0.6 is 23.2 Å². The van der Waals surface area contributed by atoms with E-state index in [4.69, 9.17) is 23.2 Å². The zero-order valence-corrected chi connectivity index (χ0v) is 9.57. The van der Waals surface area contributed by atoms with Gasteiger partial charge in [-0.3, -0.25) is 0 Å². The summed E-state index contributed by atoms with van der Waals surface area (Å²) in [5.41, 5.74) is 1.13. The Morgan fingerprint density at radius 3 is 2.64 bits per heavy atom. The van der Waals surface area contributed by atoms with Gasteiger partial charge < -0.3 is 5.32 Å². The molecular weight excluding hydrogens is 217 g/mol. The SMILES string of the molecule is CNC(c1cc(Cl)ccc1Cl)C1CC1. The van der Waals surface area contributed by atoms with E-state index >= 15 is 0 Å². The van der Waals surface area contributed by atoms with Crippen LogP contribution in [0.15, 0.2) is 18.2 Å². The molecule has 1 aromatic rings. The molecule has 0 aliphatic heterocycles. The van der Waals surface area contributed by atoms with Gasteiger partial charge in [-0.2, -0.15) is 0 Å². The number of hydrogen-bond acceptors (Lipinski definition) is 1. The van der Waals surface area contributed by atoms with Crippen LogP contribution in [-0.2, 0) is 0 Å². The van der Waals surface area contributed by atoms with Crippen LogP contribution in [-0.4, -0.2) is 7.05 Å². The van der Waals surface area contributed by atoms with Crippen LogP contribution in [0.4, 0.5) is 0 Å². The Morgan fingerprint density at radius 2 is 2.07 bits per heavy atom. The number of nitrogens with one attached hydrogen (secondary N) is 1. The molecule has 1 fully saturated rings. The molecule has 1 aliphatic rings. The predicted octanol–water partition coefficient (Wildman–Crippen LogP) is 3.66. The summed E-state index contributed by atoms with van der Waals surface area (Å²) in [6.07, 6.45) is 2.57. The molecule has 0 amide bonds. The van der Waals surface area contributed by atoms with Gasteiger partial charge in [-0.15, -0.1) is 0 Å². The summed E-state index contributed by atoms with van der Waals surface area (Å²) in [5.74, 6) is 0.732. The van der Waals surface area contributed by atoms with Gasteiger partial charge in [-0.05, 0) is 49.6 Å². The van der Waals surface area contributed by atoms with Gasteiger partial charge in [0.25, 0.3) is 0 Å². The first kappa shape index (κ1) is 10.3.